The second-order valence-electron chi connectivity index (χ2n) is 3.89. The van der Waals surface area contributed by atoms with Crippen LogP contribution in [0.15, 0.2) is 35.1 Å². The van der Waals surface area contributed by atoms with Crippen molar-refractivity contribution in [1.29, 1.82) is 0 Å². The molecule has 0 aliphatic heterocycles. The van der Waals surface area contributed by atoms with E-state index >= 15 is 0 Å². The lowest BCUT2D eigenvalue weighted by Crippen LogP contribution is -2.17. The summed E-state index contributed by atoms with van der Waals surface area (Å²) in [7, 11) is 1.45. The normalized spacial score (nSPS) is 11.4. The number of alkyl halides is 3. The lowest BCUT2D eigenvalue weighted by atomic mass is 10.2. The van der Waals surface area contributed by atoms with Crippen LogP contribution in [-0.2, 0) is 6.18 Å². The van der Waals surface area contributed by atoms with Crippen molar-refractivity contribution in [2.24, 2.45) is 0 Å². The van der Waals surface area contributed by atoms with Crippen LogP contribution in [0.25, 0.3) is 5.69 Å². The van der Waals surface area contributed by atoms with E-state index in [0.29, 0.717) is 0 Å². The van der Waals surface area contributed by atoms with Crippen LogP contribution in [0.2, 0.25) is 0 Å². The van der Waals surface area contributed by atoms with E-state index in [1.807, 2.05) is 0 Å². The van der Waals surface area contributed by atoms with Crippen LogP contribution in [0.1, 0.15) is 15.9 Å². The summed E-state index contributed by atoms with van der Waals surface area (Å²) in [4.78, 5) is 11.5. The highest BCUT2D eigenvalue weighted by Crippen LogP contribution is 2.31. The second kappa shape index (κ2) is 5.28. The van der Waals surface area contributed by atoms with Crippen LogP contribution in [0.5, 0.6) is 0 Å². The van der Waals surface area contributed by atoms with Crippen molar-refractivity contribution in [1.82, 2.24) is 15.1 Å². The molecular weight excluding hydrogens is 339 g/mol. The number of amides is 1. The number of hydrogen-bond acceptors (Lipinski definition) is 2. The van der Waals surface area contributed by atoms with Gasteiger partial charge in [0, 0.05) is 7.05 Å². The van der Waals surface area contributed by atoms with Gasteiger partial charge < -0.3 is 5.32 Å². The Morgan fingerprint density at radius 1 is 1.40 bits per heavy atom. The third kappa shape index (κ3) is 2.69. The number of carbonyl (C=O) groups excluding carboxylic acids is 1. The van der Waals surface area contributed by atoms with Crippen molar-refractivity contribution >= 4 is 21.8 Å². The molecule has 2 rings (SSSR count). The van der Waals surface area contributed by atoms with Crippen LogP contribution >= 0.6 is 15.9 Å². The maximum Gasteiger partial charge on any atom is 0.416 e. The van der Waals surface area contributed by atoms with E-state index in [2.05, 4.69) is 26.3 Å². The summed E-state index contributed by atoms with van der Waals surface area (Å²) in [5.41, 5.74) is -0.328. The first-order valence-electron chi connectivity index (χ1n) is 5.48. The highest BCUT2D eigenvalue weighted by molar-refractivity contribution is 9.10. The summed E-state index contributed by atoms with van der Waals surface area (Å²) in [5, 5.41) is 6.34. The van der Waals surface area contributed by atoms with Crippen LogP contribution in [0, 0.1) is 0 Å². The van der Waals surface area contributed by atoms with Crippen LogP contribution in [0.4, 0.5) is 13.2 Å². The molecule has 1 aromatic carbocycles. The summed E-state index contributed by atoms with van der Waals surface area (Å²) in [6.07, 6.45) is -3.15. The number of nitrogens with one attached hydrogen (secondary N) is 1. The molecule has 4 nitrogen and oxygen atoms in total. The summed E-state index contributed by atoms with van der Waals surface area (Å²) in [6.45, 7) is 0. The monoisotopic (exact) mass is 347 g/mol. The Hall–Kier alpha value is -1.83. The molecule has 0 aliphatic carbocycles. The van der Waals surface area contributed by atoms with Crippen LogP contribution in [0.3, 0.4) is 0 Å². The summed E-state index contributed by atoms with van der Waals surface area (Å²) < 4.78 is 39.5. The lowest BCUT2D eigenvalue weighted by molar-refractivity contribution is -0.137. The number of hydrogen-bond donors (Lipinski definition) is 1. The van der Waals surface area contributed by atoms with Gasteiger partial charge in [0.15, 0.2) is 0 Å². The Morgan fingerprint density at radius 2 is 2.10 bits per heavy atom. The molecule has 0 spiro atoms. The first kappa shape index (κ1) is 14.6. The van der Waals surface area contributed by atoms with E-state index in [-0.39, 0.29) is 21.8 Å². The molecule has 0 unspecified atom stereocenters. The highest BCUT2D eigenvalue weighted by Gasteiger charge is 2.30. The van der Waals surface area contributed by atoms with Gasteiger partial charge >= 0.3 is 6.18 Å². The van der Waals surface area contributed by atoms with Gasteiger partial charge in [0.2, 0.25) is 0 Å². The fourth-order valence-electron chi connectivity index (χ4n) is 1.61. The fourth-order valence-corrected chi connectivity index (χ4v) is 2.19. The van der Waals surface area contributed by atoms with Gasteiger partial charge in [-0.1, -0.05) is 6.07 Å². The quantitative estimate of drug-likeness (QED) is 0.907. The molecule has 0 radical (unpaired) electrons. The topological polar surface area (TPSA) is 46.9 Å². The molecule has 20 heavy (non-hydrogen) atoms. The molecule has 0 bridgehead atoms. The van der Waals surface area contributed by atoms with Gasteiger partial charge in [-0.25, -0.2) is 4.68 Å². The van der Waals surface area contributed by atoms with Gasteiger partial charge in [-0.3, -0.25) is 4.79 Å². The van der Waals surface area contributed by atoms with E-state index < -0.39 is 11.7 Å². The molecule has 1 heterocycles. The predicted octanol–water partition coefficient (Wildman–Crippen LogP) is 3.01. The van der Waals surface area contributed by atoms with Crippen molar-refractivity contribution in [2.45, 2.75) is 6.18 Å². The first-order valence-corrected chi connectivity index (χ1v) is 6.27. The van der Waals surface area contributed by atoms with Gasteiger partial charge in [0.25, 0.3) is 5.91 Å². The molecule has 2 aromatic rings. The molecule has 0 atom stereocenters. The molecule has 0 aliphatic rings. The van der Waals surface area contributed by atoms with Gasteiger partial charge in [-0.2, -0.15) is 18.3 Å². The summed E-state index contributed by atoms with van der Waals surface area (Å²) in [5.74, 6) is -0.380. The maximum absolute atomic E-state index is 12.7. The number of rotatable bonds is 2. The molecule has 1 amide bonds. The zero-order valence-electron chi connectivity index (χ0n) is 10.2. The third-order valence-electron chi connectivity index (χ3n) is 2.60. The number of halogens is 4. The van der Waals surface area contributed by atoms with Crippen molar-refractivity contribution in [3.05, 3.63) is 46.2 Å². The van der Waals surface area contributed by atoms with Gasteiger partial charge in [-0.15, -0.1) is 0 Å². The Bertz CT molecular complexity index is 652. The van der Waals surface area contributed by atoms with Gasteiger partial charge in [0.05, 0.1) is 23.0 Å². The number of aromatic nitrogens is 2. The van der Waals surface area contributed by atoms with Crippen molar-refractivity contribution < 1.29 is 18.0 Å². The van der Waals surface area contributed by atoms with Gasteiger partial charge in [-0.05, 0) is 34.1 Å². The summed E-state index contributed by atoms with van der Waals surface area (Å²) in [6, 6.07) is 4.69. The Kier molecular flexibility index (Phi) is 3.85. The average Bonchev–Trinajstić information content (AvgIpc) is 2.79. The third-order valence-corrected chi connectivity index (χ3v) is 3.36. The maximum atomic E-state index is 12.7. The first-order chi connectivity index (χ1) is 9.34. The minimum Gasteiger partial charge on any atom is -0.355 e. The molecule has 106 valence electrons. The molecular formula is C12H9BrF3N3O. The molecule has 0 saturated heterocycles. The van der Waals surface area contributed by atoms with E-state index in [4.69, 9.17) is 0 Å². The Labute approximate surface area is 120 Å². The fraction of sp³-hybridized carbons (Fsp3) is 0.167. The number of carbonyl (C=O) groups is 1. The zero-order valence-corrected chi connectivity index (χ0v) is 11.8. The lowest BCUT2D eigenvalue weighted by Gasteiger charge is -2.09. The van der Waals surface area contributed by atoms with Crippen LogP contribution in [-0.4, -0.2) is 22.7 Å². The average molecular weight is 348 g/mol. The highest BCUT2D eigenvalue weighted by atomic mass is 79.9. The second-order valence-corrected chi connectivity index (χ2v) is 4.64. The number of benzene rings is 1. The zero-order chi connectivity index (χ0) is 14.9. The minimum absolute atomic E-state index is 0.210. The van der Waals surface area contributed by atoms with E-state index in [0.717, 1.165) is 12.1 Å². The smallest absolute Gasteiger partial charge is 0.355 e. The van der Waals surface area contributed by atoms with Crippen molar-refractivity contribution in [3.63, 3.8) is 0 Å². The molecule has 0 fully saturated rings. The van der Waals surface area contributed by atoms with Crippen LogP contribution < -0.4 is 5.32 Å². The molecule has 1 N–H and O–H groups in total. The number of nitrogens with zero attached hydrogens (tertiary/aromatic N) is 2. The largest absolute Gasteiger partial charge is 0.416 e. The van der Waals surface area contributed by atoms with E-state index in [1.165, 1.54) is 30.1 Å². The minimum atomic E-state index is -4.43. The SMILES string of the molecule is CNC(=O)c1cnn(-c2cccc(C(F)(F)F)c2)c1Br. The standard InChI is InChI=1S/C12H9BrF3N3O/c1-17-11(20)9-6-18-19(10(9)13)8-4-2-3-7(5-8)12(14,15)16/h2-6H,1H3,(H,17,20). The van der Waals surface area contributed by atoms with Gasteiger partial charge in [0.1, 0.15) is 4.60 Å². The Balaban J connectivity index is 2.48. The summed E-state index contributed by atoms with van der Waals surface area (Å²) >= 11 is 3.16. The molecule has 0 saturated carbocycles. The molecule has 1 aromatic heterocycles. The molecule has 8 heteroatoms. The Morgan fingerprint density at radius 3 is 2.70 bits per heavy atom. The van der Waals surface area contributed by atoms with E-state index in [9.17, 15) is 18.0 Å². The van der Waals surface area contributed by atoms with Crippen molar-refractivity contribution in [3.8, 4) is 5.69 Å². The van der Waals surface area contributed by atoms with E-state index in [1.54, 1.807) is 0 Å². The van der Waals surface area contributed by atoms with Crippen molar-refractivity contribution in [2.75, 3.05) is 7.05 Å². The predicted molar refractivity (Wildman–Crippen MR) is 69.7 cm³/mol.